The maximum Gasteiger partial charge on any atom is 0.412 e. The fourth-order valence-electron chi connectivity index (χ4n) is 3.91. The van der Waals surface area contributed by atoms with Gasteiger partial charge in [0.05, 0.1) is 30.8 Å². The van der Waals surface area contributed by atoms with Crippen molar-refractivity contribution in [3.8, 4) is 0 Å². The predicted octanol–water partition coefficient (Wildman–Crippen LogP) is 4.42. The van der Waals surface area contributed by atoms with E-state index in [4.69, 9.17) is 18.4 Å². The number of rotatable bonds is 10. The smallest absolute Gasteiger partial charge is 0.412 e. The Bertz CT molecular complexity index is 966. The average molecular weight is 514 g/mol. The quantitative estimate of drug-likeness (QED) is 0.334. The average Bonchev–Trinajstić information content (AvgIpc) is 3.03. The van der Waals surface area contributed by atoms with Crippen molar-refractivity contribution in [1.29, 1.82) is 0 Å². The van der Waals surface area contributed by atoms with Crippen molar-refractivity contribution in [1.82, 2.24) is 4.90 Å². The van der Waals surface area contributed by atoms with Gasteiger partial charge in [0, 0.05) is 6.42 Å². The Morgan fingerprint density at radius 3 is 2.40 bits per heavy atom. The molecule has 0 radical (unpaired) electrons. The lowest BCUT2D eigenvalue weighted by Gasteiger charge is -2.36. The van der Waals surface area contributed by atoms with Gasteiger partial charge < -0.3 is 14.2 Å². The fourth-order valence-corrected chi connectivity index (χ4v) is 4.88. The molecule has 1 unspecified atom stereocenters. The van der Waals surface area contributed by atoms with Crippen molar-refractivity contribution < 1.29 is 36.4 Å². The van der Waals surface area contributed by atoms with Gasteiger partial charge in [0.15, 0.2) is 0 Å². The topological polar surface area (TPSA) is 108 Å². The lowest BCUT2D eigenvalue weighted by atomic mass is 9.95. The van der Waals surface area contributed by atoms with Crippen LogP contribution in [0.1, 0.15) is 66.4 Å². The van der Waals surface area contributed by atoms with Gasteiger partial charge >= 0.3 is 12.1 Å². The van der Waals surface area contributed by atoms with Crippen LogP contribution in [0.4, 0.5) is 4.79 Å². The minimum absolute atomic E-state index is 0.0629. The van der Waals surface area contributed by atoms with Crippen molar-refractivity contribution in [2.24, 2.45) is 5.92 Å². The third-order valence-electron chi connectivity index (χ3n) is 5.60. The summed E-state index contributed by atoms with van der Waals surface area (Å²) < 4.78 is 47.3. The van der Waals surface area contributed by atoms with Crippen LogP contribution in [0.5, 0.6) is 0 Å². The van der Waals surface area contributed by atoms with E-state index < -0.39 is 27.5 Å². The molecule has 1 aromatic rings. The number of hydrogen-bond donors (Lipinski definition) is 0. The molecule has 0 aliphatic carbocycles. The molecule has 1 aromatic carbocycles. The Morgan fingerprint density at radius 2 is 1.83 bits per heavy atom. The van der Waals surface area contributed by atoms with Gasteiger partial charge in [-0.25, -0.2) is 4.79 Å². The molecule has 1 saturated heterocycles. The first-order valence-corrected chi connectivity index (χ1v) is 13.3. The summed E-state index contributed by atoms with van der Waals surface area (Å²) in [6.45, 7) is 12.9. The Labute approximate surface area is 209 Å². The van der Waals surface area contributed by atoms with E-state index in [0.717, 1.165) is 5.56 Å². The molecule has 1 amide bonds. The van der Waals surface area contributed by atoms with Crippen LogP contribution < -0.4 is 0 Å². The second kappa shape index (κ2) is 11.7. The maximum atomic E-state index is 13.0. The monoisotopic (exact) mass is 513 g/mol. The predicted molar refractivity (Wildman–Crippen MR) is 130 cm³/mol. The number of carbonyl (C=O) groups is 2. The second-order valence-electron chi connectivity index (χ2n) is 10.3. The van der Waals surface area contributed by atoms with Gasteiger partial charge in [-0.1, -0.05) is 17.7 Å². The maximum absolute atomic E-state index is 13.0. The van der Waals surface area contributed by atoms with Gasteiger partial charge in [0.2, 0.25) is 0 Å². The van der Waals surface area contributed by atoms with E-state index >= 15 is 0 Å². The minimum atomic E-state index is -3.98. The van der Waals surface area contributed by atoms with E-state index in [0.29, 0.717) is 12.8 Å². The third-order valence-corrected chi connectivity index (χ3v) is 6.90. The summed E-state index contributed by atoms with van der Waals surface area (Å²) >= 11 is 0. The summed E-state index contributed by atoms with van der Waals surface area (Å²) in [7, 11) is -3.98. The molecule has 2 rings (SSSR count). The summed E-state index contributed by atoms with van der Waals surface area (Å²) in [5.41, 5.74) is -0.648. The van der Waals surface area contributed by atoms with E-state index in [1.165, 1.54) is 12.1 Å². The normalized spacial score (nSPS) is 18.8. The van der Waals surface area contributed by atoms with E-state index in [-0.39, 0.29) is 49.1 Å². The van der Waals surface area contributed by atoms with E-state index in [1.807, 2.05) is 6.92 Å². The molecule has 0 N–H and O–H groups in total. The molecule has 10 heteroatoms. The summed E-state index contributed by atoms with van der Waals surface area (Å²) in [6, 6.07) is 6.01. The summed E-state index contributed by atoms with van der Waals surface area (Å²) in [4.78, 5) is 26.6. The summed E-state index contributed by atoms with van der Waals surface area (Å²) in [6.07, 6.45) is 0.296. The van der Waals surface area contributed by atoms with Gasteiger partial charge in [-0.2, -0.15) is 8.42 Å². The molecule has 9 nitrogen and oxygen atoms in total. The van der Waals surface area contributed by atoms with Gasteiger partial charge in [0.1, 0.15) is 11.3 Å². The molecule has 0 spiro atoms. The number of benzene rings is 1. The third kappa shape index (κ3) is 8.77. The molecular weight excluding hydrogens is 474 g/mol. The zero-order valence-electron chi connectivity index (χ0n) is 21.8. The highest BCUT2D eigenvalue weighted by Crippen LogP contribution is 2.33. The standard InChI is InChI=1S/C25H39NO8S/c1-8-31-22(27)14-11-19(16-33-35(29,30)21-12-9-18(2)10-13-21)15-20-17-32-25(6,7)26(20)23(28)34-24(3,4)5/h9-10,12-13,19-20H,8,11,14-17H2,1-7H3/t19-,20?/m0/s1. The van der Waals surface area contributed by atoms with Crippen LogP contribution in [0.2, 0.25) is 0 Å². The van der Waals surface area contributed by atoms with Crippen LogP contribution >= 0.6 is 0 Å². The summed E-state index contributed by atoms with van der Waals surface area (Å²) in [5, 5.41) is 0. The van der Waals surface area contributed by atoms with E-state index in [9.17, 15) is 18.0 Å². The van der Waals surface area contributed by atoms with E-state index in [1.54, 1.807) is 58.6 Å². The molecule has 1 aliphatic rings. The van der Waals surface area contributed by atoms with Crippen molar-refractivity contribution in [2.45, 2.75) is 90.0 Å². The van der Waals surface area contributed by atoms with Crippen LogP contribution in [-0.2, 0) is 33.3 Å². The van der Waals surface area contributed by atoms with Crippen LogP contribution in [-0.4, -0.2) is 62.6 Å². The molecule has 0 bridgehead atoms. The van der Waals surface area contributed by atoms with Gasteiger partial charge in [-0.05, 0) is 79.4 Å². The lowest BCUT2D eigenvalue weighted by molar-refractivity contribution is -0.143. The SMILES string of the molecule is CCOC(=O)CC[C@H](COS(=O)(=O)c1ccc(C)cc1)CC1COC(C)(C)N1C(=O)OC(C)(C)C. The zero-order valence-corrected chi connectivity index (χ0v) is 22.6. The largest absolute Gasteiger partial charge is 0.466 e. The van der Waals surface area contributed by atoms with E-state index in [2.05, 4.69) is 0 Å². The van der Waals surface area contributed by atoms with Crippen LogP contribution in [0.15, 0.2) is 29.2 Å². The number of amides is 1. The molecule has 2 atom stereocenters. The van der Waals surface area contributed by atoms with Crippen molar-refractivity contribution in [3.63, 3.8) is 0 Å². The zero-order chi connectivity index (χ0) is 26.4. The molecule has 198 valence electrons. The van der Waals surface area contributed by atoms with Gasteiger partial charge in [0.25, 0.3) is 10.1 Å². The van der Waals surface area contributed by atoms with Crippen molar-refractivity contribution in [3.05, 3.63) is 29.8 Å². The Balaban J connectivity index is 2.18. The van der Waals surface area contributed by atoms with Crippen LogP contribution in [0.3, 0.4) is 0 Å². The first-order chi connectivity index (χ1) is 16.1. The number of ether oxygens (including phenoxy) is 3. The Morgan fingerprint density at radius 1 is 1.20 bits per heavy atom. The first-order valence-electron chi connectivity index (χ1n) is 11.9. The van der Waals surface area contributed by atoms with Crippen molar-refractivity contribution in [2.75, 3.05) is 19.8 Å². The number of nitrogens with zero attached hydrogens (tertiary/aromatic N) is 1. The lowest BCUT2D eigenvalue weighted by Crippen LogP contribution is -2.50. The molecule has 1 fully saturated rings. The minimum Gasteiger partial charge on any atom is -0.466 e. The summed E-state index contributed by atoms with van der Waals surface area (Å²) in [5.74, 6) is -0.724. The number of aryl methyl sites for hydroxylation is 1. The molecule has 1 heterocycles. The molecular formula is C25H39NO8S. The Hall–Kier alpha value is -2.17. The first kappa shape index (κ1) is 29.1. The highest BCUT2D eigenvalue weighted by atomic mass is 32.2. The van der Waals surface area contributed by atoms with Crippen LogP contribution in [0.25, 0.3) is 0 Å². The highest BCUT2D eigenvalue weighted by Gasteiger charge is 2.46. The highest BCUT2D eigenvalue weighted by molar-refractivity contribution is 7.86. The van der Waals surface area contributed by atoms with Gasteiger partial charge in [-0.15, -0.1) is 0 Å². The molecule has 0 saturated carbocycles. The molecule has 1 aliphatic heterocycles. The number of esters is 1. The second-order valence-corrected chi connectivity index (χ2v) is 11.9. The molecule has 35 heavy (non-hydrogen) atoms. The number of carbonyl (C=O) groups excluding carboxylic acids is 2. The Kier molecular flexibility index (Phi) is 9.72. The number of hydrogen-bond acceptors (Lipinski definition) is 8. The molecule has 0 aromatic heterocycles. The fraction of sp³-hybridized carbons (Fsp3) is 0.680. The van der Waals surface area contributed by atoms with Crippen molar-refractivity contribution >= 4 is 22.2 Å². The van der Waals surface area contributed by atoms with Crippen LogP contribution in [0, 0.1) is 12.8 Å². The van der Waals surface area contributed by atoms with Gasteiger partial charge in [-0.3, -0.25) is 13.9 Å².